The van der Waals surface area contributed by atoms with E-state index in [1.165, 1.54) is 0 Å². The van der Waals surface area contributed by atoms with Crippen molar-refractivity contribution in [1.82, 2.24) is 4.98 Å². The van der Waals surface area contributed by atoms with Crippen molar-refractivity contribution in [2.24, 2.45) is 0 Å². The van der Waals surface area contributed by atoms with Crippen LogP contribution in [-0.2, 0) is 6.42 Å². The third kappa shape index (κ3) is 3.80. The van der Waals surface area contributed by atoms with E-state index >= 15 is 0 Å². The lowest BCUT2D eigenvalue weighted by molar-refractivity contribution is 0.167. The largest absolute Gasteiger partial charge is 0.493 e. The number of aromatic nitrogens is 1. The van der Waals surface area contributed by atoms with E-state index in [2.05, 4.69) is 4.98 Å². The third-order valence-corrected chi connectivity index (χ3v) is 3.01. The van der Waals surface area contributed by atoms with Gasteiger partial charge in [0.2, 0.25) is 0 Å². The van der Waals surface area contributed by atoms with E-state index in [1.54, 1.807) is 6.20 Å². The van der Waals surface area contributed by atoms with Gasteiger partial charge in [-0.1, -0.05) is 31.2 Å². The topological polar surface area (TPSA) is 42.4 Å². The van der Waals surface area contributed by atoms with Crippen LogP contribution in [-0.4, -0.2) is 16.7 Å². The Hall–Kier alpha value is -1.87. The highest BCUT2D eigenvalue weighted by atomic mass is 16.5. The Morgan fingerprint density at radius 1 is 1.16 bits per heavy atom. The molecular formula is C16H19NO2. The summed E-state index contributed by atoms with van der Waals surface area (Å²) in [6.07, 6.45) is 2.76. The fourth-order valence-electron chi connectivity index (χ4n) is 1.92. The molecule has 1 heterocycles. The maximum Gasteiger partial charge on any atom is 0.125 e. The quantitative estimate of drug-likeness (QED) is 0.864. The number of rotatable bonds is 6. The average molecular weight is 257 g/mol. The minimum absolute atomic E-state index is 0.467. The molecule has 3 nitrogen and oxygen atoms in total. The Bertz CT molecular complexity index is 499. The summed E-state index contributed by atoms with van der Waals surface area (Å²) >= 11 is 0. The van der Waals surface area contributed by atoms with Gasteiger partial charge in [0.1, 0.15) is 5.75 Å². The van der Waals surface area contributed by atoms with Gasteiger partial charge in [-0.05, 0) is 24.6 Å². The molecule has 100 valence electrons. The zero-order chi connectivity index (χ0) is 13.5. The highest BCUT2D eigenvalue weighted by Crippen LogP contribution is 2.26. The van der Waals surface area contributed by atoms with Gasteiger partial charge in [-0.25, -0.2) is 0 Å². The van der Waals surface area contributed by atoms with Crippen LogP contribution in [0.25, 0.3) is 0 Å². The van der Waals surface area contributed by atoms with E-state index in [0.29, 0.717) is 13.0 Å². The summed E-state index contributed by atoms with van der Waals surface area (Å²) in [6.45, 7) is 2.51. The smallest absolute Gasteiger partial charge is 0.125 e. The molecule has 0 spiro atoms. The Morgan fingerprint density at radius 3 is 2.68 bits per heavy atom. The molecule has 0 radical (unpaired) electrons. The molecule has 2 aromatic rings. The van der Waals surface area contributed by atoms with E-state index in [1.807, 2.05) is 49.4 Å². The summed E-state index contributed by atoms with van der Waals surface area (Å²) in [4.78, 5) is 4.25. The molecule has 0 aliphatic carbocycles. The van der Waals surface area contributed by atoms with Crippen molar-refractivity contribution in [3.05, 3.63) is 59.9 Å². The van der Waals surface area contributed by atoms with Crippen molar-refractivity contribution in [1.29, 1.82) is 0 Å². The molecule has 1 N–H and O–H groups in total. The van der Waals surface area contributed by atoms with Gasteiger partial charge in [0.25, 0.3) is 0 Å². The van der Waals surface area contributed by atoms with Gasteiger partial charge in [-0.2, -0.15) is 0 Å². The number of hydrogen-bond acceptors (Lipinski definition) is 3. The van der Waals surface area contributed by atoms with Gasteiger partial charge >= 0.3 is 0 Å². The van der Waals surface area contributed by atoms with Crippen LogP contribution >= 0.6 is 0 Å². The molecule has 2 rings (SSSR count). The molecule has 0 unspecified atom stereocenters. The highest BCUT2D eigenvalue weighted by Gasteiger charge is 2.10. The molecule has 0 amide bonds. The Morgan fingerprint density at radius 2 is 1.95 bits per heavy atom. The lowest BCUT2D eigenvalue weighted by Crippen LogP contribution is -2.06. The predicted molar refractivity (Wildman–Crippen MR) is 75.1 cm³/mol. The maximum absolute atomic E-state index is 9.93. The molecule has 0 aliphatic heterocycles. The lowest BCUT2D eigenvalue weighted by atomic mass is 10.1. The summed E-state index contributed by atoms with van der Waals surface area (Å²) in [5, 5.41) is 9.93. The fourth-order valence-corrected chi connectivity index (χ4v) is 1.92. The van der Waals surface area contributed by atoms with E-state index in [4.69, 9.17) is 4.74 Å². The van der Waals surface area contributed by atoms with Gasteiger partial charge in [0.05, 0.1) is 12.7 Å². The number of benzene rings is 1. The number of pyridine rings is 1. The predicted octanol–water partition coefficient (Wildman–Crippen LogP) is 3.15. The van der Waals surface area contributed by atoms with Crippen LogP contribution in [0.5, 0.6) is 5.75 Å². The summed E-state index contributed by atoms with van der Waals surface area (Å²) in [7, 11) is 0. The average Bonchev–Trinajstić information content (AvgIpc) is 2.48. The van der Waals surface area contributed by atoms with Crippen molar-refractivity contribution in [3.8, 4) is 5.75 Å². The minimum Gasteiger partial charge on any atom is -0.493 e. The number of hydrogen-bond donors (Lipinski definition) is 1. The summed E-state index contributed by atoms with van der Waals surface area (Å²) in [6, 6.07) is 13.5. The first-order valence-corrected chi connectivity index (χ1v) is 6.61. The van der Waals surface area contributed by atoms with Crippen LogP contribution in [0.1, 0.15) is 30.7 Å². The van der Waals surface area contributed by atoms with Crippen molar-refractivity contribution in [2.45, 2.75) is 25.9 Å². The molecule has 0 saturated heterocycles. The SMILES string of the molecule is CC[C@H](O)c1ccccc1OCCc1ccccn1. The van der Waals surface area contributed by atoms with Crippen LogP contribution in [0.2, 0.25) is 0 Å². The molecule has 1 atom stereocenters. The molecule has 0 bridgehead atoms. The second-order valence-electron chi connectivity index (χ2n) is 4.38. The lowest BCUT2D eigenvalue weighted by Gasteiger charge is -2.14. The Labute approximate surface area is 113 Å². The summed E-state index contributed by atoms with van der Waals surface area (Å²) in [5.41, 5.74) is 1.86. The number of nitrogens with zero attached hydrogens (tertiary/aromatic N) is 1. The number of aliphatic hydroxyl groups excluding tert-OH is 1. The van der Waals surface area contributed by atoms with Gasteiger partial charge in [-0.15, -0.1) is 0 Å². The van der Waals surface area contributed by atoms with E-state index < -0.39 is 6.10 Å². The van der Waals surface area contributed by atoms with Crippen LogP contribution in [0.3, 0.4) is 0 Å². The van der Waals surface area contributed by atoms with Crippen LogP contribution in [0.4, 0.5) is 0 Å². The normalized spacial score (nSPS) is 12.1. The fraction of sp³-hybridized carbons (Fsp3) is 0.312. The summed E-state index contributed by atoms with van der Waals surface area (Å²) in [5.74, 6) is 0.757. The number of ether oxygens (including phenoxy) is 1. The van der Waals surface area contributed by atoms with Crippen LogP contribution < -0.4 is 4.74 Å². The first-order chi connectivity index (χ1) is 9.31. The molecule has 1 aromatic heterocycles. The Balaban J connectivity index is 1.96. The maximum atomic E-state index is 9.93. The molecule has 0 fully saturated rings. The van der Waals surface area contributed by atoms with Crippen molar-refractivity contribution >= 4 is 0 Å². The van der Waals surface area contributed by atoms with Crippen molar-refractivity contribution in [3.63, 3.8) is 0 Å². The molecule has 3 heteroatoms. The molecule has 0 aliphatic rings. The molecular weight excluding hydrogens is 238 g/mol. The van der Waals surface area contributed by atoms with Gasteiger partial charge in [0.15, 0.2) is 0 Å². The van der Waals surface area contributed by atoms with Gasteiger partial charge in [0, 0.05) is 23.9 Å². The second kappa shape index (κ2) is 6.90. The van der Waals surface area contributed by atoms with E-state index in [0.717, 1.165) is 23.4 Å². The van der Waals surface area contributed by atoms with Crippen LogP contribution in [0, 0.1) is 0 Å². The van der Waals surface area contributed by atoms with E-state index in [9.17, 15) is 5.11 Å². The standard InChI is InChI=1S/C16H19NO2/c1-2-15(18)14-8-3-4-9-16(14)19-12-10-13-7-5-6-11-17-13/h3-9,11,15,18H,2,10,12H2,1H3/t15-/m0/s1. The van der Waals surface area contributed by atoms with Gasteiger partial charge < -0.3 is 9.84 Å². The number of aliphatic hydroxyl groups is 1. The first-order valence-electron chi connectivity index (χ1n) is 6.61. The molecule has 1 aromatic carbocycles. The minimum atomic E-state index is -0.467. The van der Waals surface area contributed by atoms with Crippen molar-refractivity contribution in [2.75, 3.05) is 6.61 Å². The Kier molecular flexibility index (Phi) is 4.93. The zero-order valence-electron chi connectivity index (χ0n) is 11.1. The molecule has 0 saturated carbocycles. The third-order valence-electron chi connectivity index (χ3n) is 3.01. The number of para-hydroxylation sites is 1. The molecule has 19 heavy (non-hydrogen) atoms. The van der Waals surface area contributed by atoms with Crippen molar-refractivity contribution < 1.29 is 9.84 Å². The highest BCUT2D eigenvalue weighted by molar-refractivity contribution is 5.35. The zero-order valence-corrected chi connectivity index (χ0v) is 11.1. The monoisotopic (exact) mass is 257 g/mol. The van der Waals surface area contributed by atoms with E-state index in [-0.39, 0.29) is 0 Å². The van der Waals surface area contributed by atoms with Gasteiger partial charge in [-0.3, -0.25) is 4.98 Å². The van der Waals surface area contributed by atoms with Crippen LogP contribution in [0.15, 0.2) is 48.7 Å². The first kappa shape index (κ1) is 13.6. The summed E-state index contributed by atoms with van der Waals surface area (Å²) < 4.78 is 5.76. The second-order valence-corrected chi connectivity index (χ2v) is 4.38.